The van der Waals surface area contributed by atoms with Gasteiger partial charge in [0.15, 0.2) is 5.16 Å². The quantitative estimate of drug-likeness (QED) is 0.536. The number of thioether (sulfide) groups is 1. The molecule has 0 radical (unpaired) electrons. The summed E-state index contributed by atoms with van der Waals surface area (Å²) in [5, 5.41) is 1.16. The Balaban J connectivity index is 1.80. The van der Waals surface area contributed by atoms with Gasteiger partial charge in [0, 0.05) is 12.6 Å². The molecule has 24 heavy (non-hydrogen) atoms. The Labute approximate surface area is 142 Å². The summed E-state index contributed by atoms with van der Waals surface area (Å²) in [6.07, 6.45) is 1.86. The van der Waals surface area contributed by atoms with Crippen LogP contribution in [0.3, 0.4) is 0 Å². The zero-order chi connectivity index (χ0) is 17.1. The van der Waals surface area contributed by atoms with Crippen molar-refractivity contribution >= 4 is 22.7 Å². The molecule has 7 nitrogen and oxygen atoms in total. The van der Waals surface area contributed by atoms with E-state index in [4.69, 9.17) is 0 Å². The van der Waals surface area contributed by atoms with E-state index in [0.29, 0.717) is 40.7 Å². The standard InChI is InChI=1S/C16H17N5O2S/c1-21(8-10-7-14(22)20-16(17-10)24-2)9-13-18-12-6-4-3-5-11(12)15(23)19-13/h3-7H,8-9H2,1-2H3,(H,17,20,22)(H,18,19,23). The second-order valence-electron chi connectivity index (χ2n) is 5.45. The van der Waals surface area contributed by atoms with Crippen molar-refractivity contribution in [2.75, 3.05) is 13.3 Å². The van der Waals surface area contributed by atoms with E-state index >= 15 is 0 Å². The van der Waals surface area contributed by atoms with Gasteiger partial charge in [0.1, 0.15) is 5.82 Å². The number of para-hydroxylation sites is 1. The van der Waals surface area contributed by atoms with Gasteiger partial charge in [-0.15, -0.1) is 0 Å². The van der Waals surface area contributed by atoms with Crippen molar-refractivity contribution in [3.63, 3.8) is 0 Å². The van der Waals surface area contributed by atoms with Crippen LogP contribution >= 0.6 is 11.8 Å². The van der Waals surface area contributed by atoms with Gasteiger partial charge >= 0.3 is 0 Å². The maximum absolute atomic E-state index is 12.1. The highest BCUT2D eigenvalue weighted by Gasteiger charge is 2.09. The van der Waals surface area contributed by atoms with Crippen molar-refractivity contribution in [3.05, 3.63) is 62.6 Å². The van der Waals surface area contributed by atoms with Crippen LogP contribution in [-0.4, -0.2) is 38.1 Å². The number of aromatic nitrogens is 4. The number of rotatable bonds is 5. The Morgan fingerprint density at radius 3 is 2.71 bits per heavy atom. The Hall–Kier alpha value is -2.45. The molecule has 0 aliphatic heterocycles. The van der Waals surface area contributed by atoms with E-state index in [1.807, 2.05) is 36.4 Å². The average molecular weight is 343 g/mol. The molecule has 3 aromatic rings. The number of hydrogen-bond donors (Lipinski definition) is 2. The summed E-state index contributed by atoms with van der Waals surface area (Å²) >= 11 is 1.39. The molecule has 2 heterocycles. The number of nitrogens with zero attached hydrogens (tertiary/aromatic N) is 3. The van der Waals surface area contributed by atoms with Crippen molar-refractivity contribution in [3.8, 4) is 0 Å². The summed E-state index contributed by atoms with van der Waals surface area (Å²) in [5.74, 6) is 0.580. The predicted molar refractivity (Wildman–Crippen MR) is 94.2 cm³/mol. The highest BCUT2D eigenvalue weighted by Crippen LogP contribution is 2.09. The van der Waals surface area contributed by atoms with Gasteiger partial charge in [-0.05, 0) is 25.4 Å². The molecule has 0 saturated carbocycles. The minimum atomic E-state index is -0.171. The third-order valence-corrected chi connectivity index (χ3v) is 4.06. The van der Waals surface area contributed by atoms with Crippen LogP contribution in [0.2, 0.25) is 0 Å². The van der Waals surface area contributed by atoms with Crippen molar-refractivity contribution in [2.24, 2.45) is 0 Å². The molecule has 0 bridgehead atoms. The van der Waals surface area contributed by atoms with Gasteiger partial charge in [-0.2, -0.15) is 0 Å². The minimum Gasteiger partial charge on any atom is -0.309 e. The third-order valence-electron chi connectivity index (χ3n) is 3.48. The molecule has 2 aromatic heterocycles. The topological polar surface area (TPSA) is 94.7 Å². The molecule has 0 aliphatic rings. The van der Waals surface area contributed by atoms with E-state index < -0.39 is 0 Å². The third kappa shape index (κ3) is 3.72. The maximum Gasteiger partial charge on any atom is 0.258 e. The second kappa shape index (κ2) is 6.98. The monoisotopic (exact) mass is 343 g/mol. The summed E-state index contributed by atoms with van der Waals surface area (Å²) < 4.78 is 0. The van der Waals surface area contributed by atoms with Crippen LogP contribution in [0.25, 0.3) is 10.9 Å². The molecule has 0 fully saturated rings. The Morgan fingerprint density at radius 2 is 1.92 bits per heavy atom. The molecular weight excluding hydrogens is 326 g/mol. The van der Waals surface area contributed by atoms with Crippen LogP contribution in [-0.2, 0) is 13.1 Å². The first-order valence-electron chi connectivity index (χ1n) is 7.36. The van der Waals surface area contributed by atoms with E-state index in [1.54, 1.807) is 6.07 Å². The van der Waals surface area contributed by atoms with Crippen LogP contribution < -0.4 is 11.1 Å². The molecule has 0 unspecified atom stereocenters. The largest absolute Gasteiger partial charge is 0.309 e. The molecule has 124 valence electrons. The Bertz CT molecular complexity index is 982. The molecule has 0 spiro atoms. The minimum absolute atomic E-state index is 0.150. The molecule has 8 heteroatoms. The first-order valence-corrected chi connectivity index (χ1v) is 8.58. The normalized spacial score (nSPS) is 11.3. The van der Waals surface area contributed by atoms with Crippen molar-refractivity contribution in [1.82, 2.24) is 24.8 Å². The highest BCUT2D eigenvalue weighted by atomic mass is 32.2. The first-order chi connectivity index (χ1) is 11.5. The fourth-order valence-corrected chi connectivity index (χ4v) is 2.87. The lowest BCUT2D eigenvalue weighted by atomic mass is 10.2. The van der Waals surface area contributed by atoms with Gasteiger partial charge in [0.2, 0.25) is 0 Å². The number of hydrogen-bond acceptors (Lipinski definition) is 6. The molecule has 2 N–H and O–H groups in total. The lowest BCUT2D eigenvalue weighted by molar-refractivity contribution is 0.305. The molecule has 0 saturated heterocycles. The summed E-state index contributed by atoms with van der Waals surface area (Å²) in [6.45, 7) is 0.928. The molecule has 3 rings (SSSR count). The molecule has 0 amide bonds. The van der Waals surface area contributed by atoms with Gasteiger partial charge < -0.3 is 9.97 Å². The molecule has 0 aliphatic carbocycles. The molecule has 1 aromatic carbocycles. The number of H-pyrrole nitrogens is 2. The van der Waals surface area contributed by atoms with Crippen molar-refractivity contribution < 1.29 is 0 Å². The number of benzene rings is 1. The highest BCUT2D eigenvalue weighted by molar-refractivity contribution is 7.98. The van der Waals surface area contributed by atoms with Gasteiger partial charge in [0.05, 0.1) is 23.1 Å². The Kier molecular flexibility index (Phi) is 4.77. The van der Waals surface area contributed by atoms with Crippen molar-refractivity contribution in [2.45, 2.75) is 18.2 Å². The zero-order valence-electron chi connectivity index (χ0n) is 13.4. The van der Waals surface area contributed by atoms with Gasteiger partial charge in [0.25, 0.3) is 11.1 Å². The van der Waals surface area contributed by atoms with E-state index in [-0.39, 0.29) is 11.1 Å². The van der Waals surface area contributed by atoms with Crippen LogP contribution in [0.1, 0.15) is 11.5 Å². The summed E-state index contributed by atoms with van der Waals surface area (Å²) in [7, 11) is 1.89. The average Bonchev–Trinajstić information content (AvgIpc) is 2.54. The van der Waals surface area contributed by atoms with Gasteiger partial charge in [-0.1, -0.05) is 23.9 Å². The van der Waals surface area contributed by atoms with E-state index in [0.717, 1.165) is 0 Å². The summed E-state index contributed by atoms with van der Waals surface area (Å²) in [4.78, 5) is 40.0. The fourth-order valence-electron chi connectivity index (χ4n) is 2.46. The number of fused-ring (bicyclic) bond motifs is 1. The molecular formula is C16H17N5O2S. The maximum atomic E-state index is 12.1. The van der Waals surface area contributed by atoms with Gasteiger partial charge in [-0.3, -0.25) is 14.5 Å². The predicted octanol–water partition coefficient (Wildman–Crippen LogP) is 1.36. The van der Waals surface area contributed by atoms with E-state index in [2.05, 4.69) is 19.9 Å². The Morgan fingerprint density at radius 1 is 1.12 bits per heavy atom. The SMILES string of the molecule is CSc1nc(CN(C)Cc2nc3ccccc3c(=O)[nH]2)cc(=O)[nH]1. The number of aromatic amines is 2. The zero-order valence-corrected chi connectivity index (χ0v) is 14.2. The first kappa shape index (κ1) is 16.4. The van der Waals surface area contributed by atoms with E-state index in [9.17, 15) is 9.59 Å². The van der Waals surface area contributed by atoms with Crippen LogP contribution in [0.15, 0.2) is 45.1 Å². The van der Waals surface area contributed by atoms with Crippen LogP contribution in [0, 0.1) is 0 Å². The molecule has 0 atom stereocenters. The lowest BCUT2D eigenvalue weighted by Gasteiger charge is -2.15. The fraction of sp³-hybridized carbons (Fsp3) is 0.250. The summed E-state index contributed by atoms with van der Waals surface area (Å²) in [6, 6.07) is 8.71. The summed E-state index contributed by atoms with van der Waals surface area (Å²) in [5.41, 5.74) is 1.02. The van der Waals surface area contributed by atoms with Gasteiger partial charge in [-0.25, -0.2) is 9.97 Å². The smallest absolute Gasteiger partial charge is 0.258 e. The second-order valence-corrected chi connectivity index (χ2v) is 6.24. The van der Waals surface area contributed by atoms with Crippen LogP contribution in [0.5, 0.6) is 0 Å². The number of nitrogens with one attached hydrogen (secondary N) is 2. The van der Waals surface area contributed by atoms with Crippen molar-refractivity contribution in [1.29, 1.82) is 0 Å². The van der Waals surface area contributed by atoms with E-state index in [1.165, 1.54) is 17.8 Å². The van der Waals surface area contributed by atoms with Crippen LogP contribution in [0.4, 0.5) is 0 Å². The lowest BCUT2D eigenvalue weighted by Crippen LogP contribution is -2.23.